The average molecular weight is 546 g/mol. The molecule has 13 nitrogen and oxygen atoms in total. The summed E-state index contributed by atoms with van der Waals surface area (Å²) in [6.07, 6.45) is 3.82. The molecule has 0 aliphatic carbocycles. The molecule has 0 spiro atoms. The Kier molecular flexibility index (Phi) is 20.9. The number of hydrogen-bond donors (Lipinski definition) is 2. The summed E-state index contributed by atoms with van der Waals surface area (Å²) in [7, 11) is 0. The van der Waals surface area contributed by atoms with Crippen molar-refractivity contribution in [2.75, 3.05) is 98.9 Å². The maximum atomic E-state index is 11.8. The summed E-state index contributed by atoms with van der Waals surface area (Å²) >= 11 is 0. The van der Waals surface area contributed by atoms with Crippen LogP contribution in [0.2, 0.25) is 0 Å². The maximum absolute atomic E-state index is 11.8. The molecule has 218 valence electrons. The van der Waals surface area contributed by atoms with Crippen molar-refractivity contribution in [3.63, 3.8) is 0 Å². The number of nitrogens with zero attached hydrogens (tertiary/aromatic N) is 1. The van der Waals surface area contributed by atoms with Gasteiger partial charge < -0.3 is 39.1 Å². The molecular weight excluding hydrogens is 502 g/mol. The van der Waals surface area contributed by atoms with Crippen molar-refractivity contribution >= 4 is 23.6 Å². The van der Waals surface area contributed by atoms with Crippen LogP contribution >= 0.6 is 0 Å². The van der Waals surface area contributed by atoms with E-state index >= 15 is 0 Å². The predicted molar refractivity (Wildman–Crippen MR) is 136 cm³/mol. The lowest BCUT2D eigenvalue weighted by Gasteiger charge is -2.14. The summed E-state index contributed by atoms with van der Waals surface area (Å²) < 4.78 is 32.1. The summed E-state index contributed by atoms with van der Waals surface area (Å²) in [5, 5.41) is 5.38. The van der Waals surface area contributed by atoms with Crippen molar-refractivity contribution < 1.29 is 47.6 Å². The number of imide groups is 1. The largest absolute Gasteiger partial charge is 0.379 e. The van der Waals surface area contributed by atoms with Gasteiger partial charge in [-0.15, -0.1) is 0 Å². The van der Waals surface area contributed by atoms with Gasteiger partial charge in [-0.1, -0.05) is 6.92 Å². The van der Waals surface area contributed by atoms with E-state index in [0.29, 0.717) is 72.6 Å². The van der Waals surface area contributed by atoms with Crippen LogP contribution in [-0.2, 0) is 47.6 Å². The van der Waals surface area contributed by atoms with Crippen LogP contribution in [0.4, 0.5) is 0 Å². The molecule has 0 unspecified atom stereocenters. The first-order chi connectivity index (χ1) is 18.5. The van der Waals surface area contributed by atoms with Gasteiger partial charge in [0.15, 0.2) is 0 Å². The van der Waals surface area contributed by atoms with E-state index in [-0.39, 0.29) is 56.2 Å². The van der Waals surface area contributed by atoms with Crippen LogP contribution in [0.5, 0.6) is 0 Å². The van der Waals surface area contributed by atoms with E-state index in [1.165, 1.54) is 12.2 Å². The van der Waals surface area contributed by atoms with E-state index in [9.17, 15) is 19.2 Å². The van der Waals surface area contributed by atoms with Gasteiger partial charge in [0.25, 0.3) is 11.8 Å². The molecule has 1 aliphatic rings. The van der Waals surface area contributed by atoms with E-state index < -0.39 is 0 Å². The second-order valence-corrected chi connectivity index (χ2v) is 8.04. The third-order valence-electron chi connectivity index (χ3n) is 4.91. The lowest BCUT2D eigenvalue weighted by Crippen LogP contribution is -2.38. The quantitative estimate of drug-likeness (QED) is 0.107. The average Bonchev–Trinajstić information content (AvgIpc) is 3.22. The third kappa shape index (κ3) is 18.8. The molecule has 0 radical (unpaired) electrons. The minimum atomic E-state index is -0.375. The molecule has 0 atom stereocenters. The molecule has 0 aromatic rings. The highest BCUT2D eigenvalue weighted by Gasteiger charge is 2.22. The second-order valence-electron chi connectivity index (χ2n) is 8.04. The van der Waals surface area contributed by atoms with Crippen molar-refractivity contribution in [1.29, 1.82) is 0 Å². The first kappa shape index (κ1) is 33.6. The molecular formula is C25H43N3O10. The Morgan fingerprint density at radius 2 is 1.00 bits per heavy atom. The molecule has 0 aromatic heterocycles. The van der Waals surface area contributed by atoms with Gasteiger partial charge in [0.1, 0.15) is 0 Å². The second kappa shape index (κ2) is 23.7. The summed E-state index contributed by atoms with van der Waals surface area (Å²) in [6, 6.07) is 0. The molecule has 38 heavy (non-hydrogen) atoms. The van der Waals surface area contributed by atoms with E-state index in [2.05, 4.69) is 17.6 Å². The van der Waals surface area contributed by atoms with Gasteiger partial charge in [0.2, 0.25) is 11.8 Å². The standard InChI is InChI=1S/C25H43N3O10/c1-2-10-33-14-18-37-20-21-38-19-16-35-12-6-23(30)27-8-13-36-17-15-34-11-5-22(29)26-7-9-28-24(31)3-4-25(28)32/h3-4H,2,5-21H2,1H3,(H,26,29)(H,27,30). The summed E-state index contributed by atoms with van der Waals surface area (Å²) in [5.74, 6) is -1.10. The maximum Gasteiger partial charge on any atom is 0.253 e. The molecule has 1 heterocycles. The topological polar surface area (TPSA) is 151 Å². The SMILES string of the molecule is CCCOCCOCCOCCOCCC(=O)NCCOCCOCCC(=O)NCCN1C(=O)C=CC1=O. The van der Waals surface area contributed by atoms with Crippen LogP contribution in [0.1, 0.15) is 26.2 Å². The molecule has 0 saturated heterocycles. The molecule has 1 rings (SSSR count). The van der Waals surface area contributed by atoms with Crippen molar-refractivity contribution in [3.8, 4) is 0 Å². The highest BCUT2D eigenvalue weighted by molar-refractivity contribution is 6.12. The normalized spacial score (nSPS) is 12.9. The van der Waals surface area contributed by atoms with Crippen LogP contribution < -0.4 is 10.6 Å². The Morgan fingerprint density at radius 1 is 0.605 bits per heavy atom. The number of nitrogens with one attached hydrogen (secondary N) is 2. The zero-order chi connectivity index (χ0) is 27.7. The lowest BCUT2D eigenvalue weighted by molar-refractivity contribution is -0.137. The zero-order valence-electron chi connectivity index (χ0n) is 22.4. The number of rotatable bonds is 26. The number of hydrogen-bond acceptors (Lipinski definition) is 10. The van der Waals surface area contributed by atoms with Gasteiger partial charge in [0, 0.05) is 51.2 Å². The summed E-state index contributed by atoms with van der Waals surface area (Å²) in [6.45, 7) is 8.07. The Hall–Kier alpha value is -2.42. The van der Waals surface area contributed by atoms with Gasteiger partial charge >= 0.3 is 0 Å². The monoisotopic (exact) mass is 545 g/mol. The van der Waals surface area contributed by atoms with Gasteiger partial charge in [-0.3, -0.25) is 24.1 Å². The Labute approximate surface area is 224 Å². The lowest BCUT2D eigenvalue weighted by atomic mass is 10.4. The Morgan fingerprint density at radius 3 is 1.47 bits per heavy atom. The van der Waals surface area contributed by atoms with Crippen LogP contribution in [0.15, 0.2) is 12.2 Å². The van der Waals surface area contributed by atoms with Crippen molar-refractivity contribution in [2.24, 2.45) is 0 Å². The van der Waals surface area contributed by atoms with Crippen LogP contribution in [0.3, 0.4) is 0 Å². The Balaban J connectivity index is 1.77. The predicted octanol–water partition coefficient (Wildman–Crippen LogP) is -0.566. The molecule has 4 amide bonds. The van der Waals surface area contributed by atoms with Gasteiger partial charge in [0.05, 0.1) is 72.7 Å². The van der Waals surface area contributed by atoms with Gasteiger partial charge in [-0.25, -0.2) is 0 Å². The highest BCUT2D eigenvalue weighted by atomic mass is 16.6. The van der Waals surface area contributed by atoms with E-state index in [1.807, 2.05) is 0 Å². The van der Waals surface area contributed by atoms with Crippen LogP contribution in [0, 0.1) is 0 Å². The molecule has 1 aliphatic heterocycles. The zero-order valence-corrected chi connectivity index (χ0v) is 22.4. The van der Waals surface area contributed by atoms with E-state index in [0.717, 1.165) is 17.9 Å². The van der Waals surface area contributed by atoms with E-state index in [4.69, 9.17) is 28.4 Å². The molecule has 0 aromatic carbocycles. The minimum Gasteiger partial charge on any atom is -0.379 e. The van der Waals surface area contributed by atoms with Crippen molar-refractivity contribution in [1.82, 2.24) is 15.5 Å². The molecule has 0 fully saturated rings. The fourth-order valence-corrected chi connectivity index (χ4v) is 2.96. The van der Waals surface area contributed by atoms with Crippen molar-refractivity contribution in [2.45, 2.75) is 26.2 Å². The first-order valence-electron chi connectivity index (χ1n) is 13.1. The number of amides is 4. The number of carbonyl (C=O) groups is 4. The molecule has 0 bridgehead atoms. The third-order valence-corrected chi connectivity index (χ3v) is 4.91. The fourth-order valence-electron chi connectivity index (χ4n) is 2.96. The van der Waals surface area contributed by atoms with Crippen molar-refractivity contribution in [3.05, 3.63) is 12.2 Å². The van der Waals surface area contributed by atoms with E-state index in [1.54, 1.807) is 0 Å². The summed E-state index contributed by atoms with van der Waals surface area (Å²) in [5.41, 5.74) is 0. The van der Waals surface area contributed by atoms with Gasteiger partial charge in [-0.05, 0) is 6.42 Å². The molecule has 13 heteroatoms. The Bertz CT molecular complexity index is 687. The number of ether oxygens (including phenoxy) is 6. The molecule has 2 N–H and O–H groups in total. The minimum absolute atomic E-state index is 0.120. The van der Waals surface area contributed by atoms with Gasteiger partial charge in [-0.2, -0.15) is 0 Å². The highest BCUT2D eigenvalue weighted by Crippen LogP contribution is 2.01. The smallest absolute Gasteiger partial charge is 0.253 e. The fraction of sp³-hybridized carbons (Fsp3) is 0.760. The van der Waals surface area contributed by atoms with Crippen LogP contribution in [-0.4, -0.2) is 127 Å². The van der Waals surface area contributed by atoms with Crippen LogP contribution in [0.25, 0.3) is 0 Å². The summed E-state index contributed by atoms with van der Waals surface area (Å²) in [4.78, 5) is 47.4. The first-order valence-corrected chi connectivity index (χ1v) is 13.1. The number of carbonyl (C=O) groups excluding carboxylic acids is 4. The molecule has 0 saturated carbocycles.